The van der Waals surface area contributed by atoms with E-state index in [4.69, 9.17) is 0 Å². The van der Waals surface area contributed by atoms with Crippen molar-refractivity contribution in [3.05, 3.63) is 29.6 Å². The van der Waals surface area contributed by atoms with Gasteiger partial charge in [-0.25, -0.2) is 0 Å². The van der Waals surface area contributed by atoms with Crippen molar-refractivity contribution in [3.63, 3.8) is 0 Å². The van der Waals surface area contributed by atoms with Crippen LogP contribution >= 0.6 is 0 Å². The van der Waals surface area contributed by atoms with Crippen molar-refractivity contribution < 1.29 is 0 Å². The van der Waals surface area contributed by atoms with Crippen molar-refractivity contribution in [1.82, 2.24) is 4.98 Å². The number of aryl methyl sites for hydroxylation is 1. The summed E-state index contributed by atoms with van der Waals surface area (Å²) in [5, 5.41) is 0. The van der Waals surface area contributed by atoms with Crippen LogP contribution in [0.15, 0.2) is 12.1 Å². The number of hydrogen-bond donors (Lipinski definition) is 0. The zero-order valence-corrected chi connectivity index (χ0v) is 8.31. The quantitative estimate of drug-likeness (QED) is 0.618. The van der Waals surface area contributed by atoms with Crippen LogP contribution in [0.5, 0.6) is 0 Å². The molecule has 0 aliphatic rings. The first-order valence-electron chi connectivity index (χ1n) is 4.41. The Morgan fingerprint density at radius 3 is 2.58 bits per heavy atom. The van der Waals surface area contributed by atoms with Gasteiger partial charge >= 0.3 is 0 Å². The van der Waals surface area contributed by atoms with E-state index in [1.807, 2.05) is 6.07 Å². The van der Waals surface area contributed by atoms with Gasteiger partial charge in [0.05, 0.1) is 6.20 Å². The lowest BCUT2D eigenvalue weighted by molar-refractivity contribution is 0.567. The summed E-state index contributed by atoms with van der Waals surface area (Å²) in [7, 11) is 0. The highest BCUT2D eigenvalue weighted by Crippen LogP contribution is 2.20. The standard InChI is InChI=1S/C11H16N/c1-5-9-6-7-12-10(8-9)11(2,3)4/h6,8H,5H2,1-4H3. The summed E-state index contributed by atoms with van der Waals surface area (Å²) in [5.41, 5.74) is 2.58. The molecule has 0 aromatic carbocycles. The van der Waals surface area contributed by atoms with E-state index in [9.17, 15) is 0 Å². The minimum Gasteiger partial charge on any atom is -0.251 e. The Hall–Kier alpha value is -0.850. The lowest BCUT2D eigenvalue weighted by Gasteiger charge is -2.17. The third-order valence-electron chi connectivity index (χ3n) is 1.93. The van der Waals surface area contributed by atoms with E-state index in [0.29, 0.717) is 0 Å². The molecular formula is C11H16N. The molecule has 0 fully saturated rings. The fourth-order valence-corrected chi connectivity index (χ4v) is 1.02. The molecule has 0 aliphatic heterocycles. The van der Waals surface area contributed by atoms with Gasteiger partial charge in [-0.05, 0) is 24.1 Å². The van der Waals surface area contributed by atoms with Gasteiger partial charge in [0, 0.05) is 11.1 Å². The minimum atomic E-state index is 0.141. The van der Waals surface area contributed by atoms with Gasteiger partial charge in [-0.3, -0.25) is 4.98 Å². The summed E-state index contributed by atoms with van der Waals surface area (Å²) in [5.74, 6) is 0. The molecule has 0 saturated heterocycles. The second-order valence-electron chi connectivity index (χ2n) is 4.09. The van der Waals surface area contributed by atoms with E-state index < -0.39 is 0 Å². The highest BCUT2D eigenvalue weighted by Gasteiger charge is 2.14. The van der Waals surface area contributed by atoms with E-state index in [2.05, 4.69) is 44.9 Å². The zero-order chi connectivity index (χ0) is 9.19. The van der Waals surface area contributed by atoms with E-state index >= 15 is 0 Å². The molecule has 1 heteroatoms. The summed E-state index contributed by atoms with van der Waals surface area (Å²) >= 11 is 0. The first kappa shape index (κ1) is 9.24. The Morgan fingerprint density at radius 2 is 2.08 bits per heavy atom. The van der Waals surface area contributed by atoms with Crippen LogP contribution in [0, 0.1) is 6.20 Å². The number of hydrogen-bond acceptors (Lipinski definition) is 1. The fraction of sp³-hybridized carbons (Fsp3) is 0.545. The molecule has 1 aromatic heterocycles. The average molecular weight is 162 g/mol. The Kier molecular flexibility index (Phi) is 2.51. The van der Waals surface area contributed by atoms with Gasteiger partial charge in [0.15, 0.2) is 0 Å². The SMILES string of the molecule is CCc1c[c]nc(C(C)(C)C)c1. The van der Waals surface area contributed by atoms with E-state index in [1.165, 1.54) is 5.56 Å². The predicted octanol–water partition coefficient (Wildman–Crippen LogP) is 2.74. The van der Waals surface area contributed by atoms with Crippen molar-refractivity contribution >= 4 is 0 Å². The molecule has 1 nitrogen and oxygen atoms in total. The molecule has 0 atom stereocenters. The van der Waals surface area contributed by atoms with Crippen LogP contribution in [-0.2, 0) is 11.8 Å². The molecule has 0 spiro atoms. The number of rotatable bonds is 1. The first-order chi connectivity index (χ1) is 5.54. The van der Waals surface area contributed by atoms with Gasteiger partial charge in [-0.1, -0.05) is 27.7 Å². The van der Waals surface area contributed by atoms with Crippen LogP contribution in [0.3, 0.4) is 0 Å². The van der Waals surface area contributed by atoms with Gasteiger partial charge in [0.25, 0.3) is 0 Å². The largest absolute Gasteiger partial charge is 0.251 e. The smallest absolute Gasteiger partial charge is 0.0892 e. The molecule has 0 aliphatic carbocycles. The topological polar surface area (TPSA) is 12.9 Å². The zero-order valence-electron chi connectivity index (χ0n) is 8.31. The molecule has 12 heavy (non-hydrogen) atoms. The van der Waals surface area contributed by atoms with E-state index in [-0.39, 0.29) is 5.41 Å². The van der Waals surface area contributed by atoms with Crippen LogP contribution in [0.1, 0.15) is 39.0 Å². The molecule has 0 unspecified atom stereocenters. The van der Waals surface area contributed by atoms with Crippen molar-refractivity contribution in [3.8, 4) is 0 Å². The average Bonchev–Trinajstić information content (AvgIpc) is 2.03. The van der Waals surface area contributed by atoms with E-state index in [0.717, 1.165) is 12.1 Å². The van der Waals surface area contributed by atoms with Crippen LogP contribution in [-0.4, -0.2) is 4.98 Å². The van der Waals surface area contributed by atoms with Gasteiger partial charge in [0.2, 0.25) is 0 Å². The summed E-state index contributed by atoms with van der Waals surface area (Å²) in [4.78, 5) is 4.23. The normalized spacial score (nSPS) is 11.7. The fourth-order valence-electron chi connectivity index (χ4n) is 1.02. The highest BCUT2D eigenvalue weighted by molar-refractivity contribution is 5.20. The van der Waals surface area contributed by atoms with Crippen molar-refractivity contribution in [2.45, 2.75) is 39.5 Å². The molecule has 0 amide bonds. The monoisotopic (exact) mass is 162 g/mol. The molecule has 1 radical (unpaired) electrons. The minimum absolute atomic E-state index is 0.141. The molecule has 0 N–H and O–H groups in total. The first-order valence-corrected chi connectivity index (χ1v) is 4.41. The summed E-state index contributed by atoms with van der Waals surface area (Å²) in [6.45, 7) is 8.66. The van der Waals surface area contributed by atoms with Crippen LogP contribution < -0.4 is 0 Å². The van der Waals surface area contributed by atoms with Gasteiger partial charge in [-0.2, -0.15) is 0 Å². The summed E-state index contributed by atoms with van der Waals surface area (Å²) in [6, 6.07) is 4.12. The lowest BCUT2D eigenvalue weighted by Crippen LogP contribution is -2.13. The van der Waals surface area contributed by atoms with Crippen molar-refractivity contribution in [1.29, 1.82) is 0 Å². The molecule has 1 rings (SSSR count). The lowest BCUT2D eigenvalue weighted by atomic mass is 9.90. The predicted molar refractivity (Wildman–Crippen MR) is 51.2 cm³/mol. The molecule has 65 valence electrons. The number of nitrogens with zero attached hydrogens (tertiary/aromatic N) is 1. The van der Waals surface area contributed by atoms with E-state index in [1.54, 1.807) is 0 Å². The molecular weight excluding hydrogens is 146 g/mol. The Bertz CT molecular complexity index is 258. The van der Waals surface area contributed by atoms with Crippen LogP contribution in [0.25, 0.3) is 0 Å². The third-order valence-corrected chi connectivity index (χ3v) is 1.93. The van der Waals surface area contributed by atoms with Crippen molar-refractivity contribution in [2.24, 2.45) is 0 Å². The Balaban J connectivity index is 3.02. The van der Waals surface area contributed by atoms with Crippen molar-refractivity contribution in [2.75, 3.05) is 0 Å². The summed E-state index contributed by atoms with van der Waals surface area (Å²) in [6.07, 6.45) is 3.99. The maximum atomic E-state index is 4.23. The van der Waals surface area contributed by atoms with Crippen LogP contribution in [0.4, 0.5) is 0 Å². The van der Waals surface area contributed by atoms with Gasteiger partial charge in [0.1, 0.15) is 0 Å². The number of aromatic nitrogens is 1. The van der Waals surface area contributed by atoms with Gasteiger partial charge in [-0.15, -0.1) is 0 Å². The summed E-state index contributed by atoms with van der Waals surface area (Å²) < 4.78 is 0. The third kappa shape index (κ3) is 2.07. The second-order valence-corrected chi connectivity index (χ2v) is 4.09. The van der Waals surface area contributed by atoms with Gasteiger partial charge < -0.3 is 0 Å². The molecule has 0 saturated carbocycles. The number of pyridine rings is 1. The molecule has 1 heterocycles. The Labute approximate surface area is 74.8 Å². The molecule has 1 aromatic rings. The maximum Gasteiger partial charge on any atom is 0.0892 e. The maximum absolute atomic E-state index is 4.23. The Morgan fingerprint density at radius 1 is 1.42 bits per heavy atom. The van der Waals surface area contributed by atoms with Crippen LogP contribution in [0.2, 0.25) is 0 Å². The highest BCUT2D eigenvalue weighted by atomic mass is 14.7. The second kappa shape index (κ2) is 3.26. The molecule has 0 bridgehead atoms.